The molecule has 9 nitrogen and oxygen atoms in total. The number of anilines is 2. The van der Waals surface area contributed by atoms with Crippen LogP contribution >= 0.6 is 0 Å². The van der Waals surface area contributed by atoms with Gasteiger partial charge in [0.25, 0.3) is 15.9 Å². The lowest BCUT2D eigenvalue weighted by Gasteiger charge is -2.11. The highest BCUT2D eigenvalue weighted by Crippen LogP contribution is 2.24. The first-order chi connectivity index (χ1) is 16.1. The summed E-state index contributed by atoms with van der Waals surface area (Å²) < 4.78 is 46.2. The molecule has 0 saturated heterocycles. The van der Waals surface area contributed by atoms with Crippen molar-refractivity contribution in [2.75, 3.05) is 16.7 Å². The monoisotopic (exact) mass is 487 g/mol. The van der Waals surface area contributed by atoms with Gasteiger partial charge in [0.1, 0.15) is 6.67 Å². The third-order valence-corrected chi connectivity index (χ3v) is 6.42. The van der Waals surface area contributed by atoms with Crippen LogP contribution in [0.25, 0.3) is 11.4 Å². The lowest BCUT2D eigenvalue weighted by Crippen LogP contribution is -2.16. The average molecular weight is 488 g/mol. The van der Waals surface area contributed by atoms with E-state index in [0.717, 1.165) is 0 Å². The number of carbonyl (C=O) groups is 1. The topological polar surface area (TPSA) is 140 Å². The third kappa shape index (κ3) is 5.86. The Balaban J connectivity index is 1.74. The summed E-state index contributed by atoms with van der Waals surface area (Å²) in [5.41, 5.74) is 7.12. The van der Waals surface area contributed by atoms with Gasteiger partial charge in [-0.1, -0.05) is 31.1 Å². The number of nitrogens with two attached hydrogens (primary N) is 1. The number of halogens is 1. The van der Waals surface area contributed by atoms with Crippen molar-refractivity contribution in [2.45, 2.75) is 31.7 Å². The van der Waals surface area contributed by atoms with E-state index in [2.05, 4.69) is 20.2 Å². The van der Waals surface area contributed by atoms with Gasteiger partial charge >= 0.3 is 0 Å². The van der Waals surface area contributed by atoms with Crippen LogP contribution in [0.2, 0.25) is 0 Å². The molecule has 0 aliphatic rings. The fraction of sp³-hybridized carbons (Fsp3) is 0.261. The summed E-state index contributed by atoms with van der Waals surface area (Å²) in [6.07, 6.45) is 1.37. The zero-order valence-corrected chi connectivity index (χ0v) is 19.8. The highest BCUT2D eigenvalue weighted by atomic mass is 32.2. The second kappa shape index (κ2) is 10.6. The Bertz CT molecular complexity index is 1290. The number of benzene rings is 2. The second-order valence-electron chi connectivity index (χ2n) is 7.84. The summed E-state index contributed by atoms with van der Waals surface area (Å²) in [4.78, 5) is 16.3. The summed E-state index contributed by atoms with van der Waals surface area (Å²) in [7, 11) is -3.92. The minimum Gasteiger partial charge on any atom is -0.337 e. The number of nitrogens with zero attached hydrogens (tertiary/aromatic N) is 2. The third-order valence-electron chi connectivity index (χ3n) is 5.02. The maximum Gasteiger partial charge on any atom is 0.261 e. The number of aromatic nitrogens is 2. The van der Waals surface area contributed by atoms with E-state index in [1.165, 1.54) is 30.3 Å². The zero-order chi connectivity index (χ0) is 24.9. The van der Waals surface area contributed by atoms with Crippen molar-refractivity contribution in [3.05, 3.63) is 66.1 Å². The molecule has 0 aliphatic heterocycles. The molecule has 0 radical (unpaired) electrons. The lowest BCUT2D eigenvalue weighted by atomic mass is 10.1. The van der Waals surface area contributed by atoms with E-state index in [1.807, 2.05) is 13.8 Å². The summed E-state index contributed by atoms with van der Waals surface area (Å²) in [6.45, 7) is 4.53. The molecular weight excluding hydrogens is 461 g/mol. The van der Waals surface area contributed by atoms with Gasteiger partial charge in [0.05, 0.1) is 16.6 Å². The molecule has 0 aliphatic carbocycles. The highest BCUT2D eigenvalue weighted by molar-refractivity contribution is 7.92. The SMILES string of the molecule is C/C=C(\CF)C(=O)Nc1cccc(NS(=O)(=O)c2ccc(-c3noc([C@@H](N)C(C)C)n3)cc2)c1. The first kappa shape index (κ1) is 25.1. The maximum atomic E-state index is 12.9. The van der Waals surface area contributed by atoms with Gasteiger partial charge in [0.2, 0.25) is 11.7 Å². The van der Waals surface area contributed by atoms with Gasteiger partial charge in [-0.25, -0.2) is 12.8 Å². The van der Waals surface area contributed by atoms with Crippen LogP contribution in [0.3, 0.4) is 0 Å². The van der Waals surface area contributed by atoms with Crippen LogP contribution in [0.5, 0.6) is 0 Å². The van der Waals surface area contributed by atoms with Crippen molar-refractivity contribution >= 4 is 27.3 Å². The molecule has 11 heteroatoms. The number of sulfonamides is 1. The fourth-order valence-electron chi connectivity index (χ4n) is 2.91. The van der Waals surface area contributed by atoms with Gasteiger partial charge < -0.3 is 15.6 Å². The summed E-state index contributed by atoms with van der Waals surface area (Å²) >= 11 is 0. The molecule has 0 fully saturated rings. The summed E-state index contributed by atoms with van der Waals surface area (Å²) in [6, 6.07) is 11.7. The Morgan fingerprint density at radius 1 is 1.18 bits per heavy atom. The molecule has 1 amide bonds. The highest BCUT2D eigenvalue weighted by Gasteiger charge is 2.20. The van der Waals surface area contributed by atoms with E-state index >= 15 is 0 Å². The number of nitrogens with one attached hydrogen (secondary N) is 2. The van der Waals surface area contributed by atoms with Crippen LogP contribution in [-0.2, 0) is 14.8 Å². The predicted molar refractivity (Wildman–Crippen MR) is 127 cm³/mol. The fourth-order valence-corrected chi connectivity index (χ4v) is 3.96. The van der Waals surface area contributed by atoms with E-state index in [4.69, 9.17) is 10.3 Å². The second-order valence-corrected chi connectivity index (χ2v) is 9.52. The van der Waals surface area contributed by atoms with E-state index in [1.54, 1.807) is 31.2 Å². The Kier molecular flexibility index (Phi) is 7.79. The normalized spacial score (nSPS) is 13.1. The van der Waals surface area contributed by atoms with Crippen LogP contribution in [0, 0.1) is 5.92 Å². The Morgan fingerprint density at radius 3 is 2.47 bits per heavy atom. The molecule has 34 heavy (non-hydrogen) atoms. The Labute approximate surface area is 197 Å². The van der Waals surface area contributed by atoms with Crippen LogP contribution in [0.1, 0.15) is 32.7 Å². The van der Waals surface area contributed by atoms with E-state index in [-0.39, 0.29) is 22.1 Å². The van der Waals surface area contributed by atoms with E-state index < -0.39 is 28.6 Å². The van der Waals surface area contributed by atoms with Crippen molar-refractivity contribution < 1.29 is 22.1 Å². The zero-order valence-electron chi connectivity index (χ0n) is 18.9. The molecule has 3 rings (SSSR count). The summed E-state index contributed by atoms with van der Waals surface area (Å²) in [5.74, 6) is 0.135. The number of amides is 1. The van der Waals surface area contributed by atoms with E-state index in [9.17, 15) is 17.6 Å². The molecule has 0 unspecified atom stereocenters. The Hall–Kier alpha value is -3.57. The number of alkyl halides is 1. The van der Waals surface area contributed by atoms with Gasteiger partial charge in [0, 0.05) is 16.8 Å². The standard InChI is InChI=1S/C23H26FN5O4S/c1-4-15(13-24)22(30)26-17-6-5-7-18(12-17)29-34(31,32)19-10-8-16(9-11-19)21-27-23(33-28-21)20(25)14(2)3/h4-12,14,20,29H,13,25H2,1-3H3,(H,26,30)/b15-4+/t20-/m0/s1. The first-order valence-electron chi connectivity index (χ1n) is 10.5. The van der Waals surface area contributed by atoms with Crippen molar-refractivity contribution in [1.29, 1.82) is 0 Å². The molecule has 1 atom stereocenters. The minimum absolute atomic E-state index is 0.0157. The molecule has 0 bridgehead atoms. The Morgan fingerprint density at radius 2 is 1.85 bits per heavy atom. The number of carbonyl (C=O) groups excluding carboxylic acids is 1. The van der Waals surface area contributed by atoms with Crippen molar-refractivity contribution in [3.8, 4) is 11.4 Å². The molecule has 1 aromatic heterocycles. The number of hydrogen-bond donors (Lipinski definition) is 3. The van der Waals surface area contributed by atoms with Crippen LogP contribution in [0.4, 0.5) is 15.8 Å². The van der Waals surface area contributed by atoms with Gasteiger partial charge in [0.15, 0.2) is 0 Å². The first-order valence-corrected chi connectivity index (χ1v) is 12.0. The van der Waals surface area contributed by atoms with Gasteiger partial charge in [-0.2, -0.15) is 4.98 Å². The van der Waals surface area contributed by atoms with Gasteiger partial charge in [-0.3, -0.25) is 9.52 Å². The molecule has 4 N–H and O–H groups in total. The van der Waals surface area contributed by atoms with Crippen molar-refractivity contribution in [2.24, 2.45) is 11.7 Å². The van der Waals surface area contributed by atoms with Crippen LogP contribution in [-0.4, -0.2) is 31.1 Å². The molecule has 180 valence electrons. The van der Waals surface area contributed by atoms with Gasteiger partial charge in [-0.15, -0.1) is 0 Å². The minimum atomic E-state index is -3.92. The summed E-state index contributed by atoms with van der Waals surface area (Å²) in [5, 5.41) is 6.45. The smallest absolute Gasteiger partial charge is 0.261 e. The molecule has 1 heterocycles. The molecule has 3 aromatic rings. The van der Waals surface area contributed by atoms with Crippen LogP contribution in [0.15, 0.2) is 69.6 Å². The van der Waals surface area contributed by atoms with Crippen molar-refractivity contribution in [1.82, 2.24) is 10.1 Å². The largest absolute Gasteiger partial charge is 0.337 e. The quantitative estimate of drug-likeness (QED) is 0.387. The van der Waals surface area contributed by atoms with Crippen molar-refractivity contribution in [3.63, 3.8) is 0 Å². The molecular formula is C23H26FN5O4S. The average Bonchev–Trinajstić information content (AvgIpc) is 3.29. The predicted octanol–water partition coefficient (Wildman–Crippen LogP) is 4.05. The van der Waals surface area contributed by atoms with Gasteiger partial charge in [-0.05, 0) is 55.3 Å². The maximum absolute atomic E-state index is 12.9. The molecule has 0 spiro atoms. The number of rotatable bonds is 9. The van der Waals surface area contributed by atoms with E-state index in [0.29, 0.717) is 23.0 Å². The number of allylic oxidation sites excluding steroid dienone is 1. The molecule has 0 saturated carbocycles. The molecule has 2 aromatic carbocycles. The van der Waals surface area contributed by atoms with Crippen LogP contribution < -0.4 is 15.8 Å². The lowest BCUT2D eigenvalue weighted by molar-refractivity contribution is -0.113. The number of hydrogen-bond acceptors (Lipinski definition) is 7.